The Hall–Kier alpha value is -1.60. The Morgan fingerprint density at radius 3 is 2.78 bits per heavy atom. The second-order valence-corrected chi connectivity index (χ2v) is 5.98. The molecule has 1 amide bonds. The van der Waals surface area contributed by atoms with Gasteiger partial charge in [0.05, 0.1) is 4.90 Å². The summed E-state index contributed by atoms with van der Waals surface area (Å²) in [5.41, 5.74) is 6.63. The molecule has 0 spiro atoms. The first-order chi connectivity index (χ1) is 8.40. The van der Waals surface area contributed by atoms with E-state index in [-0.39, 0.29) is 17.2 Å². The number of sulfonamides is 1. The van der Waals surface area contributed by atoms with Gasteiger partial charge in [-0.25, -0.2) is 13.1 Å². The average Bonchev–Trinajstić information content (AvgIpc) is 2.67. The molecule has 1 aromatic rings. The van der Waals surface area contributed by atoms with Crippen molar-refractivity contribution in [1.82, 2.24) is 10.0 Å². The molecule has 1 aliphatic rings. The molecule has 4 N–H and O–H groups in total. The van der Waals surface area contributed by atoms with Crippen LogP contribution in [0.2, 0.25) is 0 Å². The highest BCUT2D eigenvalue weighted by Gasteiger charge is 2.27. The van der Waals surface area contributed by atoms with Crippen molar-refractivity contribution in [1.29, 1.82) is 0 Å². The zero-order valence-corrected chi connectivity index (χ0v) is 10.8. The SMILES string of the molecule is Cc1c(N)cccc1S(=O)(=O)NC1CNC(=O)C1. The molecule has 6 nitrogen and oxygen atoms in total. The van der Waals surface area contributed by atoms with Crippen LogP contribution in [-0.2, 0) is 14.8 Å². The van der Waals surface area contributed by atoms with Gasteiger partial charge in [0.25, 0.3) is 0 Å². The predicted octanol–water partition coefficient (Wildman–Crippen LogP) is -0.256. The van der Waals surface area contributed by atoms with Gasteiger partial charge in [0.1, 0.15) is 0 Å². The Bertz CT molecular complexity index is 583. The van der Waals surface area contributed by atoms with Gasteiger partial charge >= 0.3 is 0 Å². The molecule has 0 bridgehead atoms. The number of rotatable bonds is 3. The lowest BCUT2D eigenvalue weighted by molar-refractivity contribution is -0.119. The molecule has 98 valence electrons. The van der Waals surface area contributed by atoms with E-state index < -0.39 is 16.1 Å². The van der Waals surface area contributed by atoms with Crippen molar-refractivity contribution in [3.63, 3.8) is 0 Å². The predicted molar refractivity (Wildman–Crippen MR) is 67.3 cm³/mol. The number of hydrogen-bond donors (Lipinski definition) is 3. The molecule has 1 atom stereocenters. The highest BCUT2D eigenvalue weighted by molar-refractivity contribution is 7.89. The van der Waals surface area contributed by atoms with Gasteiger partial charge in [-0.15, -0.1) is 0 Å². The summed E-state index contributed by atoms with van der Waals surface area (Å²) in [5, 5.41) is 2.58. The maximum Gasteiger partial charge on any atom is 0.241 e. The highest BCUT2D eigenvalue weighted by atomic mass is 32.2. The zero-order chi connectivity index (χ0) is 13.3. The minimum absolute atomic E-state index is 0.146. The molecule has 0 saturated carbocycles. The van der Waals surface area contributed by atoms with Crippen LogP contribution in [0.3, 0.4) is 0 Å². The van der Waals surface area contributed by atoms with E-state index in [9.17, 15) is 13.2 Å². The third-order valence-corrected chi connectivity index (χ3v) is 4.58. The largest absolute Gasteiger partial charge is 0.398 e. The van der Waals surface area contributed by atoms with Crippen LogP contribution in [0.1, 0.15) is 12.0 Å². The van der Waals surface area contributed by atoms with Crippen molar-refractivity contribution < 1.29 is 13.2 Å². The van der Waals surface area contributed by atoms with Crippen LogP contribution in [0.15, 0.2) is 23.1 Å². The number of anilines is 1. The van der Waals surface area contributed by atoms with E-state index in [1.807, 2.05) is 0 Å². The lowest BCUT2D eigenvalue weighted by Crippen LogP contribution is -2.36. The average molecular weight is 269 g/mol. The van der Waals surface area contributed by atoms with Gasteiger partial charge in [0.15, 0.2) is 0 Å². The number of nitrogens with one attached hydrogen (secondary N) is 2. The zero-order valence-electron chi connectivity index (χ0n) is 9.93. The lowest BCUT2D eigenvalue weighted by Gasteiger charge is -2.13. The van der Waals surface area contributed by atoms with Gasteiger partial charge in [-0.3, -0.25) is 4.79 Å². The van der Waals surface area contributed by atoms with E-state index in [0.29, 0.717) is 17.8 Å². The highest BCUT2D eigenvalue weighted by Crippen LogP contribution is 2.20. The van der Waals surface area contributed by atoms with Crippen LogP contribution in [-0.4, -0.2) is 26.9 Å². The van der Waals surface area contributed by atoms with Crippen molar-refractivity contribution in [3.05, 3.63) is 23.8 Å². The number of nitrogen functional groups attached to an aromatic ring is 1. The molecule has 1 aromatic carbocycles. The van der Waals surface area contributed by atoms with E-state index in [2.05, 4.69) is 10.0 Å². The van der Waals surface area contributed by atoms with Gasteiger partial charge < -0.3 is 11.1 Å². The molecule has 1 unspecified atom stereocenters. The Labute approximate surface area is 106 Å². The molecule has 0 aliphatic carbocycles. The quantitative estimate of drug-likeness (QED) is 0.658. The third kappa shape index (κ3) is 2.46. The van der Waals surface area contributed by atoms with Crippen LogP contribution in [0, 0.1) is 6.92 Å². The monoisotopic (exact) mass is 269 g/mol. The minimum atomic E-state index is -3.64. The second kappa shape index (κ2) is 4.58. The Morgan fingerprint density at radius 2 is 2.17 bits per heavy atom. The van der Waals surface area contributed by atoms with Gasteiger partial charge in [-0.05, 0) is 24.6 Å². The molecule has 18 heavy (non-hydrogen) atoms. The van der Waals surface area contributed by atoms with Gasteiger partial charge in [-0.2, -0.15) is 0 Å². The van der Waals surface area contributed by atoms with Crippen LogP contribution >= 0.6 is 0 Å². The lowest BCUT2D eigenvalue weighted by atomic mass is 10.2. The number of nitrogens with two attached hydrogens (primary N) is 1. The Morgan fingerprint density at radius 1 is 1.44 bits per heavy atom. The van der Waals surface area contributed by atoms with Crippen LogP contribution < -0.4 is 15.8 Å². The molecule has 1 aliphatic heterocycles. The van der Waals surface area contributed by atoms with Gasteiger partial charge in [0, 0.05) is 24.7 Å². The summed E-state index contributed by atoms with van der Waals surface area (Å²) in [4.78, 5) is 11.2. The number of carbonyl (C=O) groups excluding carboxylic acids is 1. The summed E-state index contributed by atoms with van der Waals surface area (Å²) in [7, 11) is -3.64. The molecule has 0 radical (unpaired) electrons. The van der Waals surface area contributed by atoms with Crippen LogP contribution in [0.5, 0.6) is 0 Å². The fourth-order valence-corrected chi connectivity index (χ4v) is 3.41. The van der Waals surface area contributed by atoms with Gasteiger partial charge in [0.2, 0.25) is 15.9 Å². The Kier molecular flexibility index (Phi) is 3.27. The fraction of sp³-hybridized carbons (Fsp3) is 0.364. The van der Waals surface area contributed by atoms with Gasteiger partial charge in [-0.1, -0.05) is 6.07 Å². The molecular formula is C11H15N3O3S. The number of benzene rings is 1. The minimum Gasteiger partial charge on any atom is -0.398 e. The van der Waals surface area contributed by atoms with Crippen LogP contribution in [0.4, 0.5) is 5.69 Å². The maximum absolute atomic E-state index is 12.2. The summed E-state index contributed by atoms with van der Waals surface area (Å²) in [6.07, 6.45) is 0.167. The van der Waals surface area contributed by atoms with Crippen molar-refractivity contribution in [2.24, 2.45) is 0 Å². The molecule has 7 heteroatoms. The van der Waals surface area contributed by atoms with E-state index in [0.717, 1.165) is 0 Å². The number of carbonyl (C=O) groups is 1. The number of hydrogen-bond acceptors (Lipinski definition) is 4. The Balaban J connectivity index is 2.26. The van der Waals surface area contributed by atoms with Crippen molar-refractivity contribution in [2.45, 2.75) is 24.3 Å². The number of amides is 1. The summed E-state index contributed by atoms with van der Waals surface area (Å²) in [6, 6.07) is 4.34. The summed E-state index contributed by atoms with van der Waals surface area (Å²) < 4.78 is 26.8. The maximum atomic E-state index is 12.2. The normalized spacial score (nSPS) is 19.8. The van der Waals surface area contributed by atoms with Crippen molar-refractivity contribution >= 4 is 21.6 Å². The fourth-order valence-electron chi connectivity index (χ4n) is 1.89. The first kappa shape index (κ1) is 12.8. The molecule has 1 fully saturated rings. The summed E-state index contributed by atoms with van der Waals surface area (Å²) >= 11 is 0. The molecule has 1 heterocycles. The first-order valence-corrected chi connectivity index (χ1v) is 7.02. The molecule has 0 aromatic heterocycles. The van der Waals surface area contributed by atoms with Crippen LogP contribution in [0.25, 0.3) is 0 Å². The van der Waals surface area contributed by atoms with E-state index >= 15 is 0 Å². The van der Waals surface area contributed by atoms with Crippen molar-refractivity contribution in [3.8, 4) is 0 Å². The van der Waals surface area contributed by atoms with Crippen molar-refractivity contribution in [2.75, 3.05) is 12.3 Å². The van der Waals surface area contributed by atoms with E-state index in [4.69, 9.17) is 5.73 Å². The topological polar surface area (TPSA) is 101 Å². The van der Waals surface area contributed by atoms with E-state index in [1.165, 1.54) is 6.07 Å². The second-order valence-electron chi connectivity index (χ2n) is 4.30. The molecular weight excluding hydrogens is 254 g/mol. The van der Waals surface area contributed by atoms with E-state index in [1.54, 1.807) is 19.1 Å². The molecule has 2 rings (SSSR count). The summed E-state index contributed by atoms with van der Waals surface area (Å²) in [5.74, 6) is -0.146. The summed E-state index contributed by atoms with van der Waals surface area (Å²) in [6.45, 7) is 1.97. The smallest absolute Gasteiger partial charge is 0.241 e. The standard InChI is InChI=1S/C11H15N3O3S/c1-7-9(12)3-2-4-10(7)18(16,17)14-8-5-11(15)13-6-8/h2-4,8,14H,5-6,12H2,1H3,(H,13,15). The molecule has 1 saturated heterocycles. The first-order valence-electron chi connectivity index (χ1n) is 5.54. The third-order valence-electron chi connectivity index (χ3n) is 2.91.